The second-order valence-corrected chi connectivity index (χ2v) is 4.76. The van der Waals surface area contributed by atoms with Crippen LogP contribution < -0.4 is 4.74 Å². The molecule has 94 valence electrons. The van der Waals surface area contributed by atoms with Crippen molar-refractivity contribution in [3.8, 4) is 5.75 Å². The molecular formula is C13H14N2O2S. The van der Waals surface area contributed by atoms with Crippen molar-refractivity contribution in [1.29, 1.82) is 0 Å². The zero-order valence-corrected chi connectivity index (χ0v) is 11.0. The van der Waals surface area contributed by atoms with Crippen LogP contribution in [0.5, 0.6) is 5.75 Å². The molecule has 0 aliphatic carbocycles. The van der Waals surface area contributed by atoms with Crippen LogP contribution in [0.2, 0.25) is 0 Å². The molecule has 5 heteroatoms. The number of aliphatic hydroxyl groups excluding tert-OH is 1. The number of ether oxygens (including phenoxy) is 1. The van der Waals surface area contributed by atoms with Crippen molar-refractivity contribution >= 4 is 11.8 Å². The first kappa shape index (κ1) is 12.9. The van der Waals surface area contributed by atoms with Gasteiger partial charge in [0.1, 0.15) is 17.1 Å². The highest BCUT2D eigenvalue weighted by molar-refractivity contribution is 7.99. The predicted octanol–water partition coefficient (Wildman–Crippen LogP) is 2.69. The summed E-state index contributed by atoms with van der Waals surface area (Å²) >= 11 is 1.48. The lowest BCUT2D eigenvalue weighted by atomic mass is 10.1. The molecule has 0 bridgehead atoms. The van der Waals surface area contributed by atoms with Crippen molar-refractivity contribution in [1.82, 2.24) is 9.97 Å². The predicted molar refractivity (Wildman–Crippen MR) is 69.8 cm³/mol. The Bertz CT molecular complexity index is 518. The van der Waals surface area contributed by atoms with Crippen LogP contribution in [0.3, 0.4) is 0 Å². The van der Waals surface area contributed by atoms with E-state index in [1.165, 1.54) is 18.1 Å². The molecule has 0 aliphatic heterocycles. The van der Waals surface area contributed by atoms with E-state index < -0.39 is 6.10 Å². The van der Waals surface area contributed by atoms with Crippen LogP contribution in [-0.4, -0.2) is 22.2 Å². The largest absolute Gasteiger partial charge is 0.496 e. The lowest BCUT2D eigenvalue weighted by molar-refractivity contribution is 0.191. The van der Waals surface area contributed by atoms with Gasteiger partial charge in [-0.15, -0.1) is 0 Å². The summed E-state index contributed by atoms with van der Waals surface area (Å²) in [4.78, 5) is 8.97. The molecule has 1 N–H and O–H groups in total. The summed E-state index contributed by atoms with van der Waals surface area (Å²) in [6, 6.07) is 7.51. The van der Waals surface area contributed by atoms with E-state index in [1.54, 1.807) is 20.2 Å². The smallest absolute Gasteiger partial charge is 0.125 e. The molecule has 0 saturated carbocycles. The molecule has 1 unspecified atom stereocenters. The quantitative estimate of drug-likeness (QED) is 0.858. The van der Waals surface area contributed by atoms with Crippen LogP contribution in [0.25, 0.3) is 0 Å². The average molecular weight is 262 g/mol. The third kappa shape index (κ3) is 2.80. The number of methoxy groups -OCH3 is 1. The third-order valence-electron chi connectivity index (χ3n) is 2.43. The topological polar surface area (TPSA) is 55.2 Å². The summed E-state index contributed by atoms with van der Waals surface area (Å²) in [5.41, 5.74) is 0.781. The molecule has 0 aliphatic rings. The zero-order valence-electron chi connectivity index (χ0n) is 10.2. The summed E-state index contributed by atoms with van der Waals surface area (Å²) in [5, 5.41) is 10.7. The molecule has 2 aromatic rings. The maximum Gasteiger partial charge on any atom is 0.125 e. The van der Waals surface area contributed by atoms with Crippen molar-refractivity contribution in [3.05, 3.63) is 42.4 Å². The molecule has 4 nitrogen and oxygen atoms in total. The first-order valence-electron chi connectivity index (χ1n) is 5.51. The second-order valence-electron chi connectivity index (χ2n) is 3.70. The number of benzene rings is 1. The maximum absolute atomic E-state index is 9.87. The van der Waals surface area contributed by atoms with Crippen LogP contribution in [-0.2, 0) is 0 Å². The summed E-state index contributed by atoms with van der Waals surface area (Å²) < 4.78 is 5.28. The average Bonchev–Trinajstić information content (AvgIpc) is 2.39. The first-order chi connectivity index (χ1) is 8.72. The minimum Gasteiger partial charge on any atom is -0.496 e. The molecule has 0 spiro atoms. The number of nitrogens with zero attached hydrogens (tertiary/aromatic N) is 2. The Hall–Kier alpha value is -1.59. The van der Waals surface area contributed by atoms with Crippen LogP contribution in [0.1, 0.15) is 18.6 Å². The number of rotatable bonds is 4. The number of aromatic nitrogens is 2. The summed E-state index contributed by atoms with van der Waals surface area (Å²) in [5.74, 6) is 0.684. The van der Waals surface area contributed by atoms with Crippen LogP contribution in [0.4, 0.5) is 0 Å². The molecule has 2 rings (SSSR count). The zero-order chi connectivity index (χ0) is 13.0. The highest BCUT2D eigenvalue weighted by Crippen LogP contribution is 2.37. The highest BCUT2D eigenvalue weighted by atomic mass is 32.2. The van der Waals surface area contributed by atoms with E-state index in [9.17, 15) is 5.11 Å². The van der Waals surface area contributed by atoms with Gasteiger partial charge in [0.2, 0.25) is 0 Å². The lowest BCUT2D eigenvalue weighted by Crippen LogP contribution is -1.99. The normalized spacial score (nSPS) is 12.2. The van der Waals surface area contributed by atoms with Crippen LogP contribution >= 0.6 is 11.8 Å². The van der Waals surface area contributed by atoms with E-state index >= 15 is 0 Å². The van der Waals surface area contributed by atoms with Gasteiger partial charge < -0.3 is 9.84 Å². The molecule has 1 aromatic carbocycles. The fourth-order valence-electron chi connectivity index (χ4n) is 1.65. The minimum absolute atomic E-state index is 0.592. The standard InChI is InChI=1S/C13H14N2O2S/c1-9(16)13-10(17-2)4-3-5-11(13)18-12-6-7-14-8-15-12/h3-9,16H,1-2H3. The lowest BCUT2D eigenvalue weighted by Gasteiger charge is -2.15. The van der Waals surface area contributed by atoms with E-state index in [0.717, 1.165) is 15.5 Å². The molecule has 1 heterocycles. The van der Waals surface area contributed by atoms with Gasteiger partial charge in [0, 0.05) is 16.7 Å². The van der Waals surface area contributed by atoms with Crippen LogP contribution in [0, 0.1) is 0 Å². The number of hydrogen-bond donors (Lipinski definition) is 1. The van der Waals surface area contributed by atoms with Crippen molar-refractivity contribution in [2.75, 3.05) is 7.11 Å². The van der Waals surface area contributed by atoms with E-state index in [0.29, 0.717) is 5.75 Å². The number of aliphatic hydroxyl groups is 1. The van der Waals surface area contributed by atoms with Crippen molar-refractivity contribution in [2.45, 2.75) is 22.9 Å². The molecule has 0 fully saturated rings. The van der Waals surface area contributed by atoms with Gasteiger partial charge in [-0.2, -0.15) is 0 Å². The summed E-state index contributed by atoms with van der Waals surface area (Å²) in [6.07, 6.45) is 2.60. The molecule has 0 saturated heterocycles. The Morgan fingerprint density at radius 1 is 1.33 bits per heavy atom. The fraction of sp³-hybridized carbons (Fsp3) is 0.231. The monoisotopic (exact) mass is 262 g/mol. The van der Waals surface area contributed by atoms with E-state index in [2.05, 4.69) is 9.97 Å². The molecule has 0 amide bonds. The maximum atomic E-state index is 9.87. The Balaban J connectivity index is 2.38. The Labute approximate surface area is 110 Å². The van der Waals surface area contributed by atoms with Gasteiger partial charge in [-0.1, -0.05) is 17.8 Å². The highest BCUT2D eigenvalue weighted by Gasteiger charge is 2.15. The first-order valence-corrected chi connectivity index (χ1v) is 6.33. The summed E-state index contributed by atoms with van der Waals surface area (Å²) in [6.45, 7) is 1.72. The Kier molecular flexibility index (Phi) is 4.17. The molecule has 18 heavy (non-hydrogen) atoms. The second kappa shape index (κ2) is 5.84. The molecule has 1 atom stereocenters. The molecule has 0 radical (unpaired) electrons. The van der Waals surface area contributed by atoms with Gasteiger partial charge in [0.15, 0.2) is 0 Å². The van der Waals surface area contributed by atoms with Gasteiger partial charge in [0.05, 0.1) is 13.2 Å². The SMILES string of the molecule is COc1cccc(Sc2ccncn2)c1C(C)O. The number of hydrogen-bond acceptors (Lipinski definition) is 5. The van der Waals surface area contributed by atoms with Gasteiger partial charge in [-0.25, -0.2) is 9.97 Å². The van der Waals surface area contributed by atoms with Gasteiger partial charge in [0.25, 0.3) is 0 Å². The fourth-order valence-corrected chi connectivity index (χ4v) is 2.64. The third-order valence-corrected chi connectivity index (χ3v) is 3.46. The van der Waals surface area contributed by atoms with Gasteiger partial charge in [-0.3, -0.25) is 0 Å². The van der Waals surface area contributed by atoms with Gasteiger partial charge >= 0.3 is 0 Å². The Morgan fingerprint density at radius 2 is 2.17 bits per heavy atom. The van der Waals surface area contributed by atoms with Crippen molar-refractivity contribution in [2.24, 2.45) is 0 Å². The van der Waals surface area contributed by atoms with E-state index in [1.807, 2.05) is 24.3 Å². The van der Waals surface area contributed by atoms with Crippen molar-refractivity contribution < 1.29 is 9.84 Å². The van der Waals surface area contributed by atoms with Gasteiger partial charge in [-0.05, 0) is 25.1 Å². The summed E-state index contributed by atoms with van der Waals surface area (Å²) in [7, 11) is 1.60. The minimum atomic E-state index is -0.592. The van der Waals surface area contributed by atoms with E-state index in [-0.39, 0.29) is 0 Å². The van der Waals surface area contributed by atoms with Crippen LogP contribution in [0.15, 0.2) is 46.7 Å². The molecular weight excluding hydrogens is 248 g/mol. The Morgan fingerprint density at radius 3 is 2.78 bits per heavy atom. The molecule has 1 aromatic heterocycles. The van der Waals surface area contributed by atoms with E-state index in [4.69, 9.17) is 4.74 Å². The van der Waals surface area contributed by atoms with Crippen molar-refractivity contribution in [3.63, 3.8) is 0 Å².